The minimum atomic E-state index is -0.624. The van der Waals surface area contributed by atoms with Crippen LogP contribution in [0.5, 0.6) is 5.75 Å². The van der Waals surface area contributed by atoms with Gasteiger partial charge in [-0.3, -0.25) is 14.9 Å². The van der Waals surface area contributed by atoms with Gasteiger partial charge >= 0.3 is 0 Å². The fourth-order valence-corrected chi connectivity index (χ4v) is 1.97. The Balaban J connectivity index is 2.38. The molecular weight excluding hydrogens is 286 g/mol. The van der Waals surface area contributed by atoms with E-state index in [0.717, 1.165) is 5.56 Å². The fourth-order valence-electron chi connectivity index (χ4n) is 1.97. The number of anilines is 2. The molecule has 7 heteroatoms. The Morgan fingerprint density at radius 3 is 2.59 bits per heavy atom. The lowest BCUT2D eigenvalue weighted by atomic mass is 10.1. The number of methoxy groups -OCH3 is 1. The molecule has 3 N–H and O–H groups in total. The molecule has 0 bridgehead atoms. The van der Waals surface area contributed by atoms with Crippen LogP contribution in [0.4, 0.5) is 17.1 Å². The van der Waals surface area contributed by atoms with E-state index in [4.69, 9.17) is 10.5 Å². The molecule has 1 amide bonds. The van der Waals surface area contributed by atoms with Gasteiger partial charge in [0.1, 0.15) is 11.3 Å². The van der Waals surface area contributed by atoms with Crippen LogP contribution in [-0.2, 0) is 0 Å². The minimum Gasteiger partial charge on any atom is -0.497 e. The molecule has 0 unspecified atom stereocenters. The van der Waals surface area contributed by atoms with Gasteiger partial charge in [-0.25, -0.2) is 0 Å². The first-order valence-corrected chi connectivity index (χ1v) is 6.42. The van der Waals surface area contributed by atoms with Crippen LogP contribution in [0, 0.1) is 17.0 Å². The molecule has 0 spiro atoms. The maximum absolute atomic E-state index is 12.3. The summed E-state index contributed by atoms with van der Waals surface area (Å²) in [6.45, 7) is 1.87. The van der Waals surface area contributed by atoms with Gasteiger partial charge in [0.05, 0.1) is 23.4 Å². The molecule has 22 heavy (non-hydrogen) atoms. The van der Waals surface area contributed by atoms with Crippen LogP contribution < -0.4 is 15.8 Å². The van der Waals surface area contributed by atoms with Gasteiger partial charge in [-0.05, 0) is 36.8 Å². The van der Waals surface area contributed by atoms with Gasteiger partial charge in [-0.1, -0.05) is 6.07 Å². The number of nitrogen functional groups attached to an aromatic ring is 1. The third kappa shape index (κ3) is 3.14. The molecule has 2 rings (SSSR count). The second-order valence-corrected chi connectivity index (χ2v) is 4.69. The smallest absolute Gasteiger partial charge is 0.282 e. The lowest BCUT2D eigenvalue weighted by Gasteiger charge is -2.10. The van der Waals surface area contributed by atoms with Gasteiger partial charge in [0.15, 0.2) is 0 Å². The minimum absolute atomic E-state index is 0.0932. The number of nitrogens with two attached hydrogens (primary N) is 1. The van der Waals surface area contributed by atoms with Gasteiger partial charge in [-0.2, -0.15) is 0 Å². The van der Waals surface area contributed by atoms with Gasteiger partial charge < -0.3 is 15.8 Å². The van der Waals surface area contributed by atoms with Crippen LogP contribution in [0.1, 0.15) is 15.9 Å². The normalized spacial score (nSPS) is 10.1. The van der Waals surface area contributed by atoms with Crippen molar-refractivity contribution < 1.29 is 14.5 Å². The number of amides is 1. The zero-order valence-electron chi connectivity index (χ0n) is 12.1. The Labute approximate surface area is 126 Å². The summed E-state index contributed by atoms with van der Waals surface area (Å²) in [5.41, 5.74) is 7.16. The molecule has 2 aromatic carbocycles. The first kappa shape index (κ1) is 15.3. The maximum Gasteiger partial charge on any atom is 0.282 e. The molecular formula is C15H15N3O4. The molecule has 0 saturated carbocycles. The molecule has 2 aromatic rings. The van der Waals surface area contributed by atoms with Crippen LogP contribution in [-0.4, -0.2) is 17.9 Å². The highest BCUT2D eigenvalue weighted by atomic mass is 16.6. The molecule has 0 radical (unpaired) electrons. The summed E-state index contributed by atoms with van der Waals surface area (Å²) in [6.07, 6.45) is 0. The topological polar surface area (TPSA) is 107 Å². The lowest BCUT2D eigenvalue weighted by molar-refractivity contribution is -0.385. The van der Waals surface area contributed by atoms with E-state index in [9.17, 15) is 14.9 Å². The maximum atomic E-state index is 12.3. The molecule has 7 nitrogen and oxygen atoms in total. The summed E-state index contributed by atoms with van der Waals surface area (Å²) in [7, 11) is 1.42. The summed E-state index contributed by atoms with van der Waals surface area (Å²) in [5.74, 6) is -0.270. The van der Waals surface area contributed by atoms with Crippen LogP contribution in [0.3, 0.4) is 0 Å². The number of ether oxygens (including phenoxy) is 1. The third-order valence-corrected chi connectivity index (χ3v) is 3.10. The number of nitrogens with zero attached hydrogens (tertiary/aromatic N) is 1. The number of nitro benzene ring substituents is 1. The highest BCUT2D eigenvalue weighted by Gasteiger charge is 2.21. The first-order valence-electron chi connectivity index (χ1n) is 6.42. The van der Waals surface area contributed by atoms with Crippen molar-refractivity contribution in [3.05, 3.63) is 57.6 Å². The van der Waals surface area contributed by atoms with Crippen LogP contribution >= 0.6 is 0 Å². The third-order valence-electron chi connectivity index (χ3n) is 3.10. The average Bonchev–Trinajstić information content (AvgIpc) is 2.49. The number of nitrogens with one attached hydrogen (secondary N) is 1. The number of carbonyl (C=O) groups is 1. The Kier molecular flexibility index (Phi) is 4.26. The molecule has 0 atom stereocenters. The molecule has 0 aliphatic rings. The number of aryl methyl sites for hydroxylation is 1. The molecule has 0 heterocycles. The zero-order valence-corrected chi connectivity index (χ0v) is 12.1. The number of hydrogen-bond donors (Lipinski definition) is 2. The van der Waals surface area contributed by atoms with E-state index in [2.05, 4.69) is 5.32 Å². The number of rotatable bonds is 4. The second kappa shape index (κ2) is 6.13. The van der Waals surface area contributed by atoms with Crippen LogP contribution in [0.15, 0.2) is 36.4 Å². The highest BCUT2D eigenvalue weighted by Crippen LogP contribution is 2.26. The van der Waals surface area contributed by atoms with Crippen molar-refractivity contribution in [2.45, 2.75) is 6.92 Å². The van der Waals surface area contributed by atoms with Crippen molar-refractivity contribution in [3.8, 4) is 5.75 Å². The van der Waals surface area contributed by atoms with Crippen molar-refractivity contribution in [2.24, 2.45) is 0 Å². The number of benzene rings is 2. The molecule has 0 fully saturated rings. The summed E-state index contributed by atoms with van der Waals surface area (Å²) >= 11 is 0. The first-order chi connectivity index (χ1) is 10.4. The largest absolute Gasteiger partial charge is 0.497 e. The lowest BCUT2D eigenvalue weighted by Crippen LogP contribution is -2.15. The van der Waals surface area contributed by atoms with Gasteiger partial charge in [-0.15, -0.1) is 0 Å². The van der Waals surface area contributed by atoms with Crippen molar-refractivity contribution in [3.63, 3.8) is 0 Å². The predicted octanol–water partition coefficient (Wildman–Crippen LogP) is 2.75. The summed E-state index contributed by atoms with van der Waals surface area (Å²) in [4.78, 5) is 22.7. The Morgan fingerprint density at radius 2 is 2.00 bits per heavy atom. The molecule has 0 aliphatic carbocycles. The van der Waals surface area contributed by atoms with Gasteiger partial charge in [0, 0.05) is 6.07 Å². The number of nitro groups is 1. The average molecular weight is 301 g/mol. The predicted molar refractivity (Wildman–Crippen MR) is 83.2 cm³/mol. The second-order valence-electron chi connectivity index (χ2n) is 4.69. The zero-order chi connectivity index (χ0) is 16.3. The monoisotopic (exact) mass is 301 g/mol. The summed E-state index contributed by atoms with van der Waals surface area (Å²) in [5, 5.41) is 13.6. The summed E-state index contributed by atoms with van der Waals surface area (Å²) < 4.78 is 5.00. The van der Waals surface area contributed by atoms with E-state index in [-0.39, 0.29) is 11.3 Å². The van der Waals surface area contributed by atoms with E-state index in [1.54, 1.807) is 18.2 Å². The van der Waals surface area contributed by atoms with Crippen molar-refractivity contribution >= 4 is 23.0 Å². The quantitative estimate of drug-likeness (QED) is 0.513. The Morgan fingerprint density at radius 1 is 1.27 bits per heavy atom. The molecule has 0 saturated heterocycles. The van der Waals surface area contributed by atoms with Crippen molar-refractivity contribution in [2.75, 3.05) is 18.2 Å². The van der Waals surface area contributed by atoms with E-state index in [1.807, 2.05) is 6.92 Å². The standard InChI is InChI=1S/C15H15N3O4/c1-9-3-5-13(12(16)7-9)17-15(19)11-8-10(22-2)4-6-14(11)18(20)21/h3-8H,16H2,1-2H3,(H,17,19). The van der Waals surface area contributed by atoms with Crippen molar-refractivity contribution in [1.82, 2.24) is 0 Å². The summed E-state index contributed by atoms with van der Waals surface area (Å²) in [6, 6.07) is 9.11. The van der Waals surface area contributed by atoms with E-state index in [0.29, 0.717) is 17.1 Å². The highest BCUT2D eigenvalue weighted by molar-refractivity contribution is 6.08. The van der Waals surface area contributed by atoms with E-state index >= 15 is 0 Å². The number of hydrogen-bond acceptors (Lipinski definition) is 5. The Hall–Kier alpha value is -3.09. The van der Waals surface area contributed by atoms with Gasteiger partial charge in [0.25, 0.3) is 11.6 Å². The molecule has 114 valence electrons. The van der Waals surface area contributed by atoms with E-state index in [1.165, 1.54) is 25.3 Å². The Bertz CT molecular complexity index is 744. The molecule has 0 aromatic heterocycles. The van der Waals surface area contributed by atoms with Crippen LogP contribution in [0.2, 0.25) is 0 Å². The molecule has 0 aliphatic heterocycles. The SMILES string of the molecule is COc1ccc([N+](=O)[O-])c(C(=O)Nc2ccc(C)cc2N)c1. The van der Waals surface area contributed by atoms with Gasteiger partial charge in [0.2, 0.25) is 0 Å². The number of carbonyl (C=O) groups excluding carboxylic acids is 1. The van der Waals surface area contributed by atoms with E-state index < -0.39 is 10.8 Å². The van der Waals surface area contributed by atoms with Crippen LogP contribution in [0.25, 0.3) is 0 Å². The van der Waals surface area contributed by atoms with Crippen molar-refractivity contribution in [1.29, 1.82) is 0 Å². The fraction of sp³-hybridized carbons (Fsp3) is 0.133.